The highest BCUT2D eigenvalue weighted by Crippen LogP contribution is 2.21. The van der Waals surface area contributed by atoms with E-state index >= 15 is 0 Å². The van der Waals surface area contributed by atoms with Gasteiger partial charge in [-0.25, -0.2) is 8.42 Å². The van der Waals surface area contributed by atoms with Crippen molar-refractivity contribution in [2.45, 2.75) is 70.2 Å². The van der Waals surface area contributed by atoms with Crippen molar-refractivity contribution in [2.24, 2.45) is 0 Å². The van der Waals surface area contributed by atoms with Gasteiger partial charge in [0.15, 0.2) is 9.84 Å². The second-order valence-corrected chi connectivity index (χ2v) is 12.6. The first-order chi connectivity index (χ1) is 14.9. The third kappa shape index (κ3) is 6.20. The van der Waals surface area contributed by atoms with Gasteiger partial charge in [0, 0.05) is 18.7 Å². The second kappa shape index (κ2) is 9.75. The summed E-state index contributed by atoms with van der Waals surface area (Å²) in [5.41, 5.74) is 3.86. The minimum absolute atomic E-state index is 0.0550. The van der Waals surface area contributed by atoms with Crippen molar-refractivity contribution in [3.8, 4) is 0 Å². The molecule has 174 valence electrons. The van der Waals surface area contributed by atoms with E-state index in [1.54, 1.807) is 20.8 Å². The largest absolute Gasteiger partial charge is 0.372 e. The molecule has 1 amide bonds. The zero-order chi connectivity index (χ0) is 23.5. The molecule has 5 nitrogen and oxygen atoms in total. The van der Waals surface area contributed by atoms with Gasteiger partial charge in [0.2, 0.25) is 0 Å². The lowest BCUT2D eigenvalue weighted by Gasteiger charge is -2.35. The van der Waals surface area contributed by atoms with Gasteiger partial charge in [-0.3, -0.25) is 4.79 Å². The van der Waals surface area contributed by atoms with Gasteiger partial charge in [-0.1, -0.05) is 36.4 Å². The van der Waals surface area contributed by atoms with Crippen LogP contribution in [0.25, 0.3) is 0 Å². The summed E-state index contributed by atoms with van der Waals surface area (Å²) in [6.07, 6.45) is 1.83. The number of hydrogen-bond acceptors (Lipinski definition) is 4. The summed E-state index contributed by atoms with van der Waals surface area (Å²) in [6, 6.07) is 15.7. The van der Waals surface area contributed by atoms with E-state index < -0.39 is 14.6 Å². The lowest BCUT2D eigenvalue weighted by atomic mass is 10.0. The molecule has 0 N–H and O–H groups in total. The summed E-state index contributed by atoms with van der Waals surface area (Å²) in [4.78, 5) is 14.7. The minimum Gasteiger partial charge on any atom is -0.372 e. The normalized spacial score (nSPS) is 19.7. The van der Waals surface area contributed by atoms with Crippen molar-refractivity contribution in [3.63, 3.8) is 0 Å². The van der Waals surface area contributed by atoms with Gasteiger partial charge in [-0.05, 0) is 76.3 Å². The molecule has 0 aliphatic carbocycles. The van der Waals surface area contributed by atoms with Crippen LogP contribution in [-0.4, -0.2) is 49.3 Å². The topological polar surface area (TPSA) is 63.7 Å². The fourth-order valence-electron chi connectivity index (χ4n) is 3.87. The standard InChI is InChI=1S/C26H35NO4S/c1-19-16-27(17-20(2)31-19)25(28)24-14-12-22(13-15-24)7-6-21-8-10-23(11-9-21)18-32(29,30)26(3,4)5/h8-15,19-20H,6-7,16-18H2,1-5H3/t19-,20+. The Morgan fingerprint density at radius 2 is 1.31 bits per heavy atom. The van der Waals surface area contributed by atoms with E-state index in [9.17, 15) is 13.2 Å². The van der Waals surface area contributed by atoms with Gasteiger partial charge in [0.05, 0.1) is 22.7 Å². The average Bonchev–Trinajstić information content (AvgIpc) is 2.71. The molecule has 2 aromatic rings. The van der Waals surface area contributed by atoms with E-state index in [4.69, 9.17) is 4.74 Å². The molecule has 1 saturated heterocycles. The Kier molecular flexibility index (Phi) is 7.46. The van der Waals surface area contributed by atoms with Gasteiger partial charge < -0.3 is 9.64 Å². The number of sulfone groups is 1. The molecule has 0 spiro atoms. The highest BCUT2D eigenvalue weighted by Gasteiger charge is 2.29. The van der Waals surface area contributed by atoms with Crippen molar-refractivity contribution in [3.05, 3.63) is 70.8 Å². The predicted octanol–water partition coefficient (Wildman–Crippen LogP) is 4.43. The molecule has 2 atom stereocenters. The number of ether oxygens (including phenoxy) is 1. The van der Waals surface area contributed by atoms with Crippen molar-refractivity contribution in [1.29, 1.82) is 0 Å². The quantitative estimate of drug-likeness (QED) is 0.644. The van der Waals surface area contributed by atoms with E-state index in [-0.39, 0.29) is 23.9 Å². The Morgan fingerprint density at radius 1 is 0.875 bits per heavy atom. The monoisotopic (exact) mass is 457 g/mol. The molecular weight excluding hydrogens is 422 g/mol. The fourth-order valence-corrected chi connectivity index (χ4v) is 4.93. The number of morpholine rings is 1. The number of rotatable bonds is 6. The maximum absolute atomic E-state index is 12.8. The van der Waals surface area contributed by atoms with Crippen LogP contribution in [0.4, 0.5) is 0 Å². The van der Waals surface area contributed by atoms with E-state index in [2.05, 4.69) is 0 Å². The van der Waals surface area contributed by atoms with Crippen LogP contribution in [0, 0.1) is 0 Å². The molecule has 2 aromatic carbocycles. The second-order valence-electron chi connectivity index (χ2n) is 9.85. The van der Waals surface area contributed by atoms with E-state index in [0.717, 1.165) is 18.4 Å². The number of nitrogens with zero attached hydrogens (tertiary/aromatic N) is 1. The molecule has 32 heavy (non-hydrogen) atoms. The molecule has 1 aliphatic heterocycles. The van der Waals surface area contributed by atoms with Crippen molar-refractivity contribution < 1.29 is 17.9 Å². The lowest BCUT2D eigenvalue weighted by molar-refractivity contribution is -0.0586. The summed E-state index contributed by atoms with van der Waals surface area (Å²) >= 11 is 0. The number of benzene rings is 2. The van der Waals surface area contributed by atoms with E-state index in [1.165, 1.54) is 11.1 Å². The van der Waals surface area contributed by atoms with Crippen LogP contribution in [0.1, 0.15) is 61.7 Å². The zero-order valence-electron chi connectivity index (χ0n) is 19.8. The highest BCUT2D eigenvalue weighted by molar-refractivity contribution is 7.91. The zero-order valence-corrected chi connectivity index (χ0v) is 20.6. The van der Waals surface area contributed by atoms with Crippen LogP contribution < -0.4 is 0 Å². The molecule has 0 saturated carbocycles. The molecule has 1 aliphatic rings. The first-order valence-electron chi connectivity index (χ1n) is 11.3. The first-order valence-corrected chi connectivity index (χ1v) is 12.9. The van der Waals surface area contributed by atoms with Gasteiger partial charge in [0.25, 0.3) is 5.91 Å². The van der Waals surface area contributed by atoms with Gasteiger partial charge in [0.1, 0.15) is 0 Å². The maximum atomic E-state index is 12.8. The van der Waals surface area contributed by atoms with Gasteiger partial charge >= 0.3 is 0 Å². The van der Waals surface area contributed by atoms with Crippen LogP contribution in [0.2, 0.25) is 0 Å². The molecule has 0 radical (unpaired) electrons. The Balaban J connectivity index is 1.56. The van der Waals surface area contributed by atoms with Gasteiger partial charge in [-0.2, -0.15) is 0 Å². The van der Waals surface area contributed by atoms with Crippen LogP contribution in [0.3, 0.4) is 0 Å². The van der Waals surface area contributed by atoms with Crippen molar-refractivity contribution in [1.82, 2.24) is 4.90 Å². The summed E-state index contributed by atoms with van der Waals surface area (Å²) < 4.78 is 29.7. The lowest BCUT2D eigenvalue weighted by Crippen LogP contribution is -2.48. The third-order valence-corrected chi connectivity index (χ3v) is 8.50. The average molecular weight is 458 g/mol. The molecule has 1 fully saturated rings. The fraction of sp³-hybridized carbons (Fsp3) is 0.500. The van der Waals surface area contributed by atoms with Crippen LogP contribution in [0.15, 0.2) is 48.5 Å². The molecule has 6 heteroatoms. The smallest absolute Gasteiger partial charge is 0.254 e. The number of carbonyl (C=O) groups excluding carboxylic acids is 1. The summed E-state index contributed by atoms with van der Waals surface area (Å²) in [7, 11) is -3.18. The Morgan fingerprint density at radius 3 is 1.78 bits per heavy atom. The number of carbonyl (C=O) groups is 1. The maximum Gasteiger partial charge on any atom is 0.254 e. The Labute approximate surface area is 192 Å². The molecule has 0 unspecified atom stereocenters. The van der Waals surface area contributed by atoms with Crippen molar-refractivity contribution in [2.75, 3.05) is 13.1 Å². The van der Waals surface area contributed by atoms with Crippen LogP contribution in [0.5, 0.6) is 0 Å². The number of hydrogen-bond donors (Lipinski definition) is 0. The predicted molar refractivity (Wildman–Crippen MR) is 129 cm³/mol. The summed E-state index contributed by atoms with van der Waals surface area (Å²) in [6.45, 7) is 10.4. The SMILES string of the molecule is C[C@@H]1CN(C(=O)c2ccc(CCc3ccc(CS(=O)(=O)C(C)(C)C)cc3)cc2)C[C@H](C)O1. The number of amides is 1. The molecular formula is C26H35NO4S. The molecule has 1 heterocycles. The van der Waals surface area contributed by atoms with Crippen LogP contribution >= 0.6 is 0 Å². The molecule has 0 bridgehead atoms. The first kappa shape index (κ1) is 24.5. The Hall–Kier alpha value is -2.18. The van der Waals surface area contributed by atoms with Gasteiger partial charge in [-0.15, -0.1) is 0 Å². The molecule has 0 aromatic heterocycles. The van der Waals surface area contributed by atoms with E-state index in [0.29, 0.717) is 18.7 Å². The van der Waals surface area contributed by atoms with E-state index in [1.807, 2.05) is 67.3 Å². The summed E-state index contributed by atoms with van der Waals surface area (Å²) in [5, 5.41) is 0. The molecule has 3 rings (SSSR count). The van der Waals surface area contributed by atoms with Crippen molar-refractivity contribution >= 4 is 15.7 Å². The Bertz CT molecular complexity index is 1010. The highest BCUT2D eigenvalue weighted by atomic mass is 32.2. The summed E-state index contributed by atoms with van der Waals surface area (Å²) in [5.74, 6) is 0.117. The third-order valence-electron chi connectivity index (χ3n) is 5.92. The minimum atomic E-state index is -3.18. The van der Waals surface area contributed by atoms with Crippen LogP contribution in [-0.2, 0) is 33.2 Å². The number of aryl methyl sites for hydroxylation is 2.